The zero-order valence-corrected chi connectivity index (χ0v) is 30.2. The molecule has 0 spiro atoms. The molecule has 6 atom stereocenters. The van der Waals surface area contributed by atoms with Crippen molar-refractivity contribution in [2.45, 2.75) is 83.3 Å². The van der Waals surface area contributed by atoms with Crippen LogP contribution in [0.15, 0.2) is 42.5 Å². The lowest BCUT2D eigenvalue weighted by molar-refractivity contribution is -0.149. The van der Waals surface area contributed by atoms with Gasteiger partial charge in [-0.3, -0.25) is 4.79 Å². The quantitative estimate of drug-likeness (QED) is 0.194. The predicted molar refractivity (Wildman–Crippen MR) is 190 cm³/mol. The highest BCUT2D eigenvalue weighted by Gasteiger charge is 2.42. The summed E-state index contributed by atoms with van der Waals surface area (Å²) in [5, 5.41) is 10.2. The van der Waals surface area contributed by atoms with E-state index in [2.05, 4.69) is 23.1 Å². The summed E-state index contributed by atoms with van der Waals surface area (Å²) in [6.45, 7) is 11.3. The fraction of sp³-hybridized carbons (Fsp3) is 0.658. The normalized spacial score (nSPS) is 21.1. The molecule has 11 heteroatoms. The van der Waals surface area contributed by atoms with Crippen LogP contribution in [0.25, 0.3) is 0 Å². The van der Waals surface area contributed by atoms with E-state index in [1.54, 1.807) is 26.0 Å². The average Bonchev–Trinajstić information content (AvgIpc) is 3.12. The Balaban J connectivity index is 1.59. The van der Waals surface area contributed by atoms with Gasteiger partial charge in [0.2, 0.25) is 5.91 Å². The zero-order chi connectivity index (χ0) is 35.2. The van der Waals surface area contributed by atoms with Crippen molar-refractivity contribution in [1.29, 1.82) is 0 Å². The van der Waals surface area contributed by atoms with E-state index in [0.717, 1.165) is 67.1 Å². The maximum absolute atomic E-state index is 13.7. The van der Waals surface area contributed by atoms with Crippen LogP contribution in [0.2, 0.25) is 0 Å². The molecule has 274 valence electrons. The number of rotatable bonds is 20. The lowest BCUT2D eigenvalue weighted by atomic mass is 9.83. The van der Waals surface area contributed by atoms with E-state index in [1.165, 1.54) is 0 Å². The number of piperidine rings is 1. The van der Waals surface area contributed by atoms with Crippen LogP contribution in [0, 0.1) is 5.92 Å². The first-order valence-corrected chi connectivity index (χ1v) is 17.9. The van der Waals surface area contributed by atoms with Crippen LogP contribution in [0.1, 0.15) is 63.5 Å². The maximum Gasteiger partial charge on any atom is 0.239 e. The summed E-state index contributed by atoms with van der Waals surface area (Å²) in [6, 6.07) is 13.6. The van der Waals surface area contributed by atoms with E-state index in [4.69, 9.17) is 34.2 Å². The Morgan fingerprint density at radius 1 is 0.980 bits per heavy atom. The topological polar surface area (TPSA) is 125 Å². The third-order valence-corrected chi connectivity index (χ3v) is 9.51. The number of aliphatic hydroxyl groups is 1. The van der Waals surface area contributed by atoms with Crippen LogP contribution in [-0.2, 0) is 30.3 Å². The molecule has 49 heavy (non-hydrogen) atoms. The van der Waals surface area contributed by atoms with Gasteiger partial charge in [0.05, 0.1) is 56.4 Å². The lowest BCUT2D eigenvalue weighted by Gasteiger charge is -2.44. The molecule has 2 aromatic carbocycles. The fourth-order valence-electron chi connectivity index (χ4n) is 6.44. The van der Waals surface area contributed by atoms with Crippen LogP contribution in [0.5, 0.6) is 11.5 Å². The van der Waals surface area contributed by atoms with Gasteiger partial charge in [0.1, 0.15) is 18.1 Å². The van der Waals surface area contributed by atoms with Crippen LogP contribution in [0.3, 0.4) is 0 Å². The van der Waals surface area contributed by atoms with E-state index in [1.807, 2.05) is 38.1 Å². The summed E-state index contributed by atoms with van der Waals surface area (Å²) < 4.78 is 35.5. The van der Waals surface area contributed by atoms with E-state index in [9.17, 15) is 9.90 Å². The smallest absolute Gasteiger partial charge is 0.239 e. The molecule has 1 fully saturated rings. The van der Waals surface area contributed by atoms with Crippen LogP contribution >= 0.6 is 0 Å². The number of nitrogens with zero attached hydrogens (tertiary/aromatic N) is 2. The van der Waals surface area contributed by atoms with Gasteiger partial charge in [-0.05, 0) is 67.5 Å². The first-order chi connectivity index (χ1) is 23.7. The van der Waals surface area contributed by atoms with Crippen molar-refractivity contribution in [2.75, 3.05) is 78.3 Å². The summed E-state index contributed by atoms with van der Waals surface area (Å²) in [7, 11) is 3.43. The van der Waals surface area contributed by atoms with Gasteiger partial charge in [0, 0.05) is 53.0 Å². The minimum absolute atomic E-state index is 0.0352. The van der Waals surface area contributed by atoms with E-state index < -0.39 is 24.4 Å². The molecule has 2 aliphatic rings. The molecular weight excluding hydrogens is 626 g/mol. The number of hydrogen-bond acceptors (Lipinski definition) is 10. The lowest BCUT2D eigenvalue weighted by Crippen LogP contribution is -2.58. The Hall–Kier alpha value is -2.93. The minimum Gasteiger partial charge on any atom is -0.494 e. The van der Waals surface area contributed by atoms with E-state index >= 15 is 0 Å². The third-order valence-electron chi connectivity index (χ3n) is 9.51. The molecule has 1 saturated heterocycles. The third kappa shape index (κ3) is 11.3. The first-order valence-electron chi connectivity index (χ1n) is 17.9. The van der Waals surface area contributed by atoms with Gasteiger partial charge in [-0.15, -0.1) is 0 Å². The predicted octanol–water partition coefficient (Wildman–Crippen LogP) is 4.38. The van der Waals surface area contributed by atoms with Gasteiger partial charge in [0.25, 0.3) is 0 Å². The number of likely N-dealkylation sites (tertiary alicyclic amines) is 1. The molecule has 1 amide bonds. The Labute approximate surface area is 292 Å². The Kier molecular flexibility index (Phi) is 15.9. The second-order valence-corrected chi connectivity index (χ2v) is 13.4. The average molecular weight is 686 g/mol. The summed E-state index contributed by atoms with van der Waals surface area (Å²) >= 11 is 0. The number of ether oxygens (including phenoxy) is 6. The Morgan fingerprint density at radius 2 is 1.67 bits per heavy atom. The largest absolute Gasteiger partial charge is 0.494 e. The monoisotopic (exact) mass is 685 g/mol. The van der Waals surface area contributed by atoms with Crippen molar-refractivity contribution >= 4 is 11.6 Å². The highest BCUT2D eigenvalue weighted by molar-refractivity contribution is 5.82. The molecule has 2 aliphatic heterocycles. The number of carbonyl (C=O) groups is 1. The number of methoxy groups -OCH3 is 2. The van der Waals surface area contributed by atoms with Crippen molar-refractivity contribution in [3.63, 3.8) is 0 Å². The number of hydrogen-bond donors (Lipinski definition) is 2. The standard InChI is InChI=1S/C38H59N3O8/c1-6-27(2)37(39)38(43)41-23-34(48-25-28(3)42)36(30-11-13-31(14-12-30)46-20-8-7-18-44-4)35(24-41)49-26-29-10-15-33-32(22-29)40(17-21-47-33)16-9-19-45-5/h10-15,22,27-28,34-37,42H,6-9,16-21,23-26,39H2,1-5H3/t27-,28?,34+,35-,36-,37-/m0/s1. The molecule has 4 rings (SSSR count). The van der Waals surface area contributed by atoms with Crippen molar-refractivity contribution in [1.82, 2.24) is 4.90 Å². The molecule has 2 heterocycles. The number of aliphatic hydroxyl groups excluding tert-OH is 1. The number of anilines is 1. The number of unbranched alkanes of at least 4 members (excludes halogenated alkanes) is 1. The van der Waals surface area contributed by atoms with Crippen molar-refractivity contribution < 1.29 is 38.3 Å². The van der Waals surface area contributed by atoms with Crippen LogP contribution in [-0.4, -0.2) is 114 Å². The molecule has 0 radical (unpaired) electrons. The highest BCUT2D eigenvalue weighted by atomic mass is 16.5. The number of fused-ring (bicyclic) bond motifs is 1. The molecule has 11 nitrogen and oxygen atoms in total. The van der Waals surface area contributed by atoms with Gasteiger partial charge in [-0.2, -0.15) is 0 Å². The molecule has 0 aliphatic carbocycles. The number of amides is 1. The maximum atomic E-state index is 13.7. The Bertz CT molecular complexity index is 1260. The van der Waals surface area contributed by atoms with Crippen molar-refractivity contribution in [3.8, 4) is 11.5 Å². The molecule has 0 saturated carbocycles. The SMILES string of the molecule is CC[C@H](C)[C@H](N)C(=O)N1C[C@H](OCc2ccc3c(c2)N(CCCOC)CCO3)[C@@H](c2ccc(OCCCCOC)cc2)[C@H](OCC(C)O)C1. The highest BCUT2D eigenvalue weighted by Crippen LogP contribution is 2.36. The van der Waals surface area contributed by atoms with Crippen LogP contribution < -0.4 is 20.1 Å². The van der Waals surface area contributed by atoms with Crippen LogP contribution in [0.4, 0.5) is 5.69 Å². The van der Waals surface area contributed by atoms with Gasteiger partial charge in [0.15, 0.2) is 0 Å². The fourth-order valence-corrected chi connectivity index (χ4v) is 6.44. The Morgan fingerprint density at radius 3 is 2.37 bits per heavy atom. The second-order valence-electron chi connectivity index (χ2n) is 13.4. The summed E-state index contributed by atoms with van der Waals surface area (Å²) in [4.78, 5) is 17.9. The molecule has 0 bridgehead atoms. The van der Waals surface area contributed by atoms with Gasteiger partial charge in [-0.25, -0.2) is 0 Å². The number of benzene rings is 2. The number of nitrogens with two attached hydrogens (primary N) is 1. The summed E-state index contributed by atoms with van der Waals surface area (Å²) in [5.74, 6) is 1.38. The van der Waals surface area contributed by atoms with Crippen molar-refractivity contribution in [2.24, 2.45) is 11.7 Å². The molecular formula is C38H59N3O8. The van der Waals surface area contributed by atoms with Gasteiger partial charge >= 0.3 is 0 Å². The van der Waals surface area contributed by atoms with Crippen molar-refractivity contribution in [3.05, 3.63) is 53.6 Å². The second kappa shape index (κ2) is 20.1. The molecule has 3 N–H and O–H groups in total. The van der Waals surface area contributed by atoms with Gasteiger partial charge in [-0.1, -0.05) is 38.5 Å². The molecule has 0 aromatic heterocycles. The minimum atomic E-state index is -0.660. The van der Waals surface area contributed by atoms with E-state index in [0.29, 0.717) is 46.1 Å². The van der Waals surface area contributed by atoms with Gasteiger partial charge < -0.3 is 49.1 Å². The molecule has 2 aromatic rings. The number of carbonyl (C=O) groups excluding carboxylic acids is 1. The zero-order valence-electron chi connectivity index (χ0n) is 30.2. The summed E-state index contributed by atoms with van der Waals surface area (Å²) in [6.07, 6.45) is 2.10. The summed E-state index contributed by atoms with van der Waals surface area (Å²) in [5.41, 5.74) is 9.56. The molecule has 1 unspecified atom stereocenters. The van der Waals surface area contributed by atoms with E-state index in [-0.39, 0.29) is 24.3 Å². The first kappa shape index (κ1) is 38.9.